The first-order chi connectivity index (χ1) is 13.6. The van der Waals surface area contributed by atoms with Crippen molar-refractivity contribution in [3.8, 4) is 0 Å². The largest absolute Gasteiger partial charge is 0.335 e. The van der Waals surface area contributed by atoms with Gasteiger partial charge in [0.25, 0.3) is 0 Å². The maximum atomic E-state index is 12.3. The summed E-state index contributed by atoms with van der Waals surface area (Å²) in [5.41, 5.74) is 1.32. The number of carbonyl (C=O) groups is 2. The fraction of sp³-hybridized carbons (Fsp3) is 0.636. The molecular weight excluding hydrogens is 352 g/mol. The highest BCUT2D eigenvalue weighted by atomic mass is 16.2. The molecule has 1 heterocycles. The molecule has 1 aromatic carbocycles. The second-order valence-corrected chi connectivity index (χ2v) is 8.28. The van der Waals surface area contributed by atoms with Gasteiger partial charge in [-0.15, -0.1) is 0 Å². The number of nitrogens with one attached hydrogen (secondary N) is 2. The predicted molar refractivity (Wildman–Crippen MR) is 111 cm³/mol. The van der Waals surface area contributed by atoms with Crippen LogP contribution in [-0.4, -0.2) is 60.5 Å². The van der Waals surface area contributed by atoms with Gasteiger partial charge in [0.05, 0.1) is 6.54 Å². The van der Waals surface area contributed by atoms with E-state index < -0.39 is 0 Å². The molecule has 3 rings (SSSR count). The first-order valence-electron chi connectivity index (χ1n) is 10.7. The van der Waals surface area contributed by atoms with Crippen LogP contribution in [0.5, 0.6) is 0 Å². The summed E-state index contributed by atoms with van der Waals surface area (Å²) in [5.74, 6) is 0.272. The van der Waals surface area contributed by atoms with Crippen molar-refractivity contribution in [1.29, 1.82) is 0 Å². The van der Waals surface area contributed by atoms with Crippen LogP contribution in [0.1, 0.15) is 44.6 Å². The number of imide groups is 1. The first-order valence-corrected chi connectivity index (χ1v) is 10.7. The van der Waals surface area contributed by atoms with E-state index in [1.165, 1.54) is 12.0 Å². The quantitative estimate of drug-likeness (QED) is 0.816. The molecule has 2 aliphatic rings. The number of hydrogen-bond donors (Lipinski definition) is 2. The van der Waals surface area contributed by atoms with Gasteiger partial charge in [-0.3, -0.25) is 19.9 Å². The van der Waals surface area contributed by atoms with Gasteiger partial charge in [0.1, 0.15) is 0 Å². The van der Waals surface area contributed by atoms with Crippen molar-refractivity contribution in [3.63, 3.8) is 0 Å². The van der Waals surface area contributed by atoms with Crippen molar-refractivity contribution in [2.24, 2.45) is 5.92 Å². The molecule has 2 atom stereocenters. The second kappa shape index (κ2) is 10.6. The zero-order valence-electron chi connectivity index (χ0n) is 17.0. The van der Waals surface area contributed by atoms with Crippen LogP contribution in [0.4, 0.5) is 4.79 Å². The molecule has 2 N–H and O–H groups in total. The van der Waals surface area contributed by atoms with Gasteiger partial charge in [0.2, 0.25) is 5.91 Å². The average molecular weight is 387 g/mol. The van der Waals surface area contributed by atoms with Crippen LogP contribution in [0, 0.1) is 5.92 Å². The van der Waals surface area contributed by atoms with Crippen molar-refractivity contribution >= 4 is 11.9 Å². The minimum atomic E-state index is -0.343. The molecule has 1 aromatic rings. The minimum Gasteiger partial charge on any atom is -0.335 e. The van der Waals surface area contributed by atoms with Crippen molar-refractivity contribution < 1.29 is 9.59 Å². The summed E-state index contributed by atoms with van der Waals surface area (Å²) in [6.07, 6.45) is 5.57. The fourth-order valence-electron chi connectivity index (χ4n) is 4.29. The van der Waals surface area contributed by atoms with E-state index in [1.807, 2.05) is 6.07 Å². The van der Waals surface area contributed by atoms with E-state index in [0.717, 1.165) is 58.4 Å². The molecule has 1 aliphatic heterocycles. The van der Waals surface area contributed by atoms with E-state index in [1.54, 1.807) is 0 Å². The molecule has 0 bridgehead atoms. The molecule has 2 fully saturated rings. The molecule has 28 heavy (non-hydrogen) atoms. The predicted octanol–water partition coefficient (Wildman–Crippen LogP) is 2.60. The first kappa shape index (κ1) is 20.8. The zero-order chi connectivity index (χ0) is 19.8. The lowest BCUT2D eigenvalue weighted by Crippen LogP contribution is -2.50. The van der Waals surface area contributed by atoms with E-state index >= 15 is 0 Å². The molecule has 6 heteroatoms. The number of hydrogen-bond acceptors (Lipinski definition) is 4. The summed E-state index contributed by atoms with van der Waals surface area (Å²) < 4.78 is 0. The lowest BCUT2D eigenvalue weighted by Gasteiger charge is -2.29. The van der Waals surface area contributed by atoms with Gasteiger partial charge in [-0.05, 0) is 43.8 Å². The SMILES string of the molecule is CC1CCCCC1NC(=O)NC(=O)CN1CCCN(Cc2ccccc2)CC1. The number of amides is 3. The van der Waals surface area contributed by atoms with Crippen molar-refractivity contribution in [1.82, 2.24) is 20.4 Å². The third-order valence-electron chi connectivity index (χ3n) is 5.98. The molecule has 154 valence electrons. The minimum absolute atomic E-state index is 0.186. The number of urea groups is 1. The summed E-state index contributed by atoms with van der Waals surface area (Å²) >= 11 is 0. The Labute approximate surface area is 168 Å². The lowest BCUT2D eigenvalue weighted by atomic mass is 9.86. The summed E-state index contributed by atoms with van der Waals surface area (Å²) in [6.45, 7) is 7.11. The highest BCUT2D eigenvalue weighted by Gasteiger charge is 2.24. The molecule has 1 saturated heterocycles. The van der Waals surface area contributed by atoms with Crippen molar-refractivity contribution in [2.75, 3.05) is 32.7 Å². The standard InChI is InChI=1S/C22H34N4O2/c1-18-8-5-6-11-20(18)23-22(28)24-21(27)17-26-13-7-12-25(14-15-26)16-19-9-3-2-4-10-19/h2-4,9-10,18,20H,5-8,11-17H2,1H3,(H2,23,24,27,28). The number of carbonyl (C=O) groups excluding carboxylic acids is 2. The number of rotatable bonds is 5. The highest BCUT2D eigenvalue weighted by molar-refractivity contribution is 5.95. The Morgan fingerprint density at radius 2 is 1.68 bits per heavy atom. The Bertz CT molecular complexity index is 637. The van der Waals surface area contributed by atoms with Crippen LogP contribution >= 0.6 is 0 Å². The molecule has 2 unspecified atom stereocenters. The van der Waals surface area contributed by atoms with Gasteiger partial charge in [0.15, 0.2) is 0 Å². The Balaban J connectivity index is 1.38. The summed E-state index contributed by atoms with van der Waals surface area (Å²) in [4.78, 5) is 29.0. The Morgan fingerprint density at radius 3 is 2.46 bits per heavy atom. The lowest BCUT2D eigenvalue weighted by molar-refractivity contribution is -0.121. The summed E-state index contributed by atoms with van der Waals surface area (Å²) in [7, 11) is 0. The van der Waals surface area contributed by atoms with Gasteiger partial charge in [0, 0.05) is 25.7 Å². The Hall–Kier alpha value is -1.92. The second-order valence-electron chi connectivity index (χ2n) is 8.28. The van der Waals surface area contributed by atoms with E-state index in [4.69, 9.17) is 0 Å². The summed E-state index contributed by atoms with van der Waals surface area (Å²) in [6, 6.07) is 10.3. The molecule has 0 radical (unpaired) electrons. The highest BCUT2D eigenvalue weighted by Crippen LogP contribution is 2.23. The van der Waals surface area contributed by atoms with Crippen LogP contribution in [0.15, 0.2) is 30.3 Å². The zero-order valence-corrected chi connectivity index (χ0v) is 17.0. The molecule has 1 saturated carbocycles. The van der Waals surface area contributed by atoms with Gasteiger partial charge in [-0.1, -0.05) is 50.1 Å². The molecule has 0 spiro atoms. The fourth-order valence-corrected chi connectivity index (χ4v) is 4.29. The molecule has 3 amide bonds. The number of benzene rings is 1. The Morgan fingerprint density at radius 1 is 0.964 bits per heavy atom. The monoisotopic (exact) mass is 386 g/mol. The van der Waals surface area contributed by atoms with Gasteiger partial charge in [-0.2, -0.15) is 0 Å². The van der Waals surface area contributed by atoms with E-state index in [9.17, 15) is 9.59 Å². The Kier molecular flexibility index (Phi) is 7.86. The maximum Gasteiger partial charge on any atom is 0.321 e. The van der Waals surface area contributed by atoms with Gasteiger partial charge < -0.3 is 5.32 Å². The van der Waals surface area contributed by atoms with Crippen LogP contribution in [0.3, 0.4) is 0 Å². The summed E-state index contributed by atoms with van der Waals surface area (Å²) in [5, 5.41) is 5.51. The topological polar surface area (TPSA) is 64.7 Å². The maximum absolute atomic E-state index is 12.3. The number of nitrogens with zero attached hydrogens (tertiary/aromatic N) is 2. The molecule has 1 aliphatic carbocycles. The van der Waals surface area contributed by atoms with Gasteiger partial charge in [-0.25, -0.2) is 4.79 Å². The van der Waals surface area contributed by atoms with Crippen molar-refractivity contribution in [2.45, 2.75) is 51.6 Å². The third-order valence-corrected chi connectivity index (χ3v) is 5.98. The van der Waals surface area contributed by atoms with Crippen LogP contribution in [-0.2, 0) is 11.3 Å². The van der Waals surface area contributed by atoms with Crippen LogP contribution in [0.25, 0.3) is 0 Å². The van der Waals surface area contributed by atoms with Gasteiger partial charge >= 0.3 is 6.03 Å². The van der Waals surface area contributed by atoms with Crippen LogP contribution < -0.4 is 10.6 Å². The van der Waals surface area contributed by atoms with Crippen LogP contribution in [0.2, 0.25) is 0 Å². The molecule has 6 nitrogen and oxygen atoms in total. The average Bonchev–Trinajstić information content (AvgIpc) is 2.89. The van der Waals surface area contributed by atoms with E-state index in [-0.39, 0.29) is 24.5 Å². The molecule has 0 aromatic heterocycles. The van der Waals surface area contributed by atoms with Crippen molar-refractivity contribution in [3.05, 3.63) is 35.9 Å². The third kappa shape index (κ3) is 6.60. The smallest absolute Gasteiger partial charge is 0.321 e. The normalized spacial score (nSPS) is 24.3. The van der Waals surface area contributed by atoms with E-state index in [0.29, 0.717) is 5.92 Å². The van der Waals surface area contributed by atoms with E-state index in [2.05, 4.69) is 51.6 Å². The molecular formula is C22H34N4O2.